The molecule has 0 spiro atoms. The van der Waals surface area contributed by atoms with E-state index in [-0.39, 0.29) is 29.0 Å². The van der Waals surface area contributed by atoms with Gasteiger partial charge in [-0.1, -0.05) is 30.7 Å². The minimum absolute atomic E-state index is 0.0195. The van der Waals surface area contributed by atoms with Crippen LogP contribution in [0, 0.1) is 29.4 Å². The molecule has 0 radical (unpaired) electrons. The van der Waals surface area contributed by atoms with Gasteiger partial charge in [0.25, 0.3) is 0 Å². The summed E-state index contributed by atoms with van der Waals surface area (Å²) in [7, 11) is 5.12. The molecule has 40 heavy (non-hydrogen) atoms. The van der Waals surface area contributed by atoms with Crippen molar-refractivity contribution in [2.24, 2.45) is 17.8 Å². The largest absolute Gasteiger partial charge is 0.466 e. The molecule has 2 aliphatic carbocycles. The van der Waals surface area contributed by atoms with Gasteiger partial charge in [0.15, 0.2) is 0 Å². The van der Waals surface area contributed by atoms with Crippen molar-refractivity contribution < 1.29 is 24.5 Å². The fourth-order valence-electron chi connectivity index (χ4n) is 5.96. The number of esters is 1. The molecular formula is C33H34F2N2O3. The Hall–Kier alpha value is -4.00. The Morgan fingerprint density at radius 1 is 0.975 bits per heavy atom. The minimum atomic E-state index is -1.44. The zero-order valence-corrected chi connectivity index (χ0v) is 22.9. The fraction of sp³-hybridized carbons (Fsp3) is 0.333. The molecule has 5 rings (SSSR count). The first-order valence-corrected chi connectivity index (χ1v) is 13.5. The Morgan fingerprint density at radius 3 is 2.35 bits per heavy atom. The summed E-state index contributed by atoms with van der Waals surface area (Å²) in [6.45, 7) is -1.44. The summed E-state index contributed by atoms with van der Waals surface area (Å²) >= 11 is 0. The van der Waals surface area contributed by atoms with Gasteiger partial charge in [0.05, 0.1) is 15.0 Å². The van der Waals surface area contributed by atoms with Gasteiger partial charge in [-0.3, -0.25) is 4.79 Å². The monoisotopic (exact) mass is 545 g/mol. The molecule has 3 aromatic carbocycles. The van der Waals surface area contributed by atoms with Crippen LogP contribution in [0.5, 0.6) is 0 Å². The highest BCUT2D eigenvalue weighted by Gasteiger charge is 2.44. The number of anilines is 2. The Labute approximate surface area is 235 Å². The van der Waals surface area contributed by atoms with Crippen molar-refractivity contribution in [3.8, 4) is 11.1 Å². The van der Waals surface area contributed by atoms with Gasteiger partial charge in [-0.15, -0.1) is 0 Å². The zero-order valence-electron chi connectivity index (χ0n) is 23.9. The lowest BCUT2D eigenvalue weighted by molar-refractivity contribution is -0.134. The number of hydrogen-bond acceptors (Lipinski definition) is 4. The van der Waals surface area contributed by atoms with Crippen LogP contribution in [0.2, 0.25) is 0 Å². The first-order valence-electron chi connectivity index (χ1n) is 14.1. The summed E-state index contributed by atoms with van der Waals surface area (Å²) in [4.78, 5) is 28.8. The number of methoxy groups -OCH3 is 1. The lowest BCUT2D eigenvalue weighted by atomic mass is 9.87. The van der Waals surface area contributed by atoms with Crippen LogP contribution in [0.1, 0.15) is 38.2 Å². The molecule has 2 fully saturated rings. The van der Waals surface area contributed by atoms with E-state index in [4.69, 9.17) is 1.37 Å². The number of fused-ring (bicyclic) bond motifs is 2. The highest BCUT2D eigenvalue weighted by Crippen LogP contribution is 2.49. The van der Waals surface area contributed by atoms with E-state index in [2.05, 4.69) is 4.74 Å². The molecule has 2 aliphatic rings. The second kappa shape index (κ2) is 11.6. The Morgan fingerprint density at radius 2 is 1.73 bits per heavy atom. The summed E-state index contributed by atoms with van der Waals surface area (Å²) in [6.07, 6.45) is 6.27. The molecule has 0 unspecified atom stereocenters. The average Bonchev–Trinajstić information content (AvgIpc) is 3.60. The predicted octanol–water partition coefficient (Wildman–Crippen LogP) is 6.85. The number of carbonyl (C=O) groups excluding carboxylic acids is 2. The Kier molecular flexibility index (Phi) is 7.62. The maximum absolute atomic E-state index is 15.7. The maximum atomic E-state index is 15.7. The molecule has 4 atom stereocenters. The van der Waals surface area contributed by atoms with Crippen molar-refractivity contribution in [3.05, 3.63) is 89.5 Å². The van der Waals surface area contributed by atoms with E-state index in [9.17, 15) is 14.0 Å². The highest BCUT2D eigenvalue weighted by molar-refractivity contribution is 5.96. The van der Waals surface area contributed by atoms with Crippen LogP contribution in [0.15, 0.2) is 66.7 Å². The maximum Gasteiger partial charge on any atom is 0.330 e. The fourth-order valence-corrected chi connectivity index (χ4v) is 5.96. The first-order chi connectivity index (χ1) is 19.6. The number of amides is 1. The molecule has 0 aromatic heterocycles. The van der Waals surface area contributed by atoms with E-state index in [0.29, 0.717) is 17.0 Å². The molecule has 0 aliphatic heterocycles. The van der Waals surface area contributed by atoms with Crippen molar-refractivity contribution in [2.75, 3.05) is 31.0 Å². The van der Waals surface area contributed by atoms with Gasteiger partial charge >= 0.3 is 5.97 Å². The summed E-state index contributed by atoms with van der Waals surface area (Å²) < 4.78 is 44.2. The van der Waals surface area contributed by atoms with Gasteiger partial charge in [0, 0.05) is 43.0 Å². The number of halogens is 2. The van der Waals surface area contributed by atoms with E-state index < -0.39 is 24.1 Å². The van der Waals surface area contributed by atoms with Crippen LogP contribution in [0.25, 0.3) is 17.2 Å². The lowest BCUT2D eigenvalue weighted by Gasteiger charge is -2.30. The molecule has 7 heteroatoms. The van der Waals surface area contributed by atoms with Gasteiger partial charge in [-0.25, -0.2) is 13.6 Å². The van der Waals surface area contributed by atoms with Crippen LogP contribution >= 0.6 is 0 Å². The van der Waals surface area contributed by atoms with Gasteiger partial charge in [-0.2, -0.15) is 0 Å². The second-order valence-corrected chi connectivity index (χ2v) is 10.9. The lowest BCUT2D eigenvalue weighted by Crippen LogP contribution is -2.38. The number of carbonyl (C=O) groups is 2. The molecular weight excluding hydrogens is 510 g/mol. The van der Waals surface area contributed by atoms with Crippen molar-refractivity contribution >= 4 is 29.3 Å². The molecule has 0 saturated heterocycles. The van der Waals surface area contributed by atoms with Crippen molar-refractivity contribution in [3.63, 3.8) is 0 Å². The van der Waals surface area contributed by atoms with E-state index in [1.165, 1.54) is 48.4 Å². The summed E-state index contributed by atoms with van der Waals surface area (Å²) in [5.74, 6) is -1.77. The number of nitrogens with zero attached hydrogens (tertiary/aromatic N) is 2. The van der Waals surface area contributed by atoms with E-state index in [1.807, 2.05) is 43.3 Å². The van der Waals surface area contributed by atoms with E-state index in [0.717, 1.165) is 43.0 Å². The van der Waals surface area contributed by atoms with E-state index in [1.54, 1.807) is 6.07 Å². The number of rotatable bonds is 8. The van der Waals surface area contributed by atoms with Crippen LogP contribution in [-0.2, 0) is 20.8 Å². The average molecular weight is 546 g/mol. The number of benzene rings is 3. The van der Waals surface area contributed by atoms with Crippen LogP contribution in [0.4, 0.5) is 20.2 Å². The highest BCUT2D eigenvalue weighted by atomic mass is 19.1. The third-order valence-corrected chi connectivity index (χ3v) is 8.07. The standard InChI is InChI=1S/C33H34F2N2O3/c1-36(2)28-11-9-23(10-12-28)24-7-8-26(31(35)18-24)20-37(33(39)30-17-21-4-6-25(30)14-21)29-16-22(15-27(34)19-29)5-13-32(38)40-3/h5,7-13,15-16,18-19,21,25,30H,4,6,14,17,20H2,1-3H3/b13-5+/t21-,25+,30+/m1/s1/i20D/t20-,21-,25+,30+. The number of ether oxygens (including phenoxy) is 1. The summed E-state index contributed by atoms with van der Waals surface area (Å²) in [5.41, 5.74) is 2.97. The zero-order chi connectivity index (χ0) is 29.3. The summed E-state index contributed by atoms with van der Waals surface area (Å²) in [5, 5.41) is 0. The molecule has 3 aromatic rings. The molecule has 0 heterocycles. The van der Waals surface area contributed by atoms with Crippen molar-refractivity contribution in [1.29, 1.82) is 0 Å². The topological polar surface area (TPSA) is 49.9 Å². The molecule has 2 saturated carbocycles. The van der Waals surface area contributed by atoms with Crippen molar-refractivity contribution in [2.45, 2.75) is 32.2 Å². The Balaban J connectivity index is 1.51. The normalized spacial score (nSPS) is 20.8. The first kappa shape index (κ1) is 26.2. The quantitative estimate of drug-likeness (QED) is 0.229. The van der Waals surface area contributed by atoms with Crippen LogP contribution < -0.4 is 9.80 Å². The third-order valence-electron chi connectivity index (χ3n) is 8.07. The summed E-state index contributed by atoms with van der Waals surface area (Å²) in [6, 6.07) is 16.3. The molecule has 5 nitrogen and oxygen atoms in total. The molecule has 1 amide bonds. The SMILES string of the molecule is [2H][C@H](c1ccc(-c2ccc(N(C)C)cc2)cc1F)N(C(=O)[C@H]1C[C@@H]2CC[C@H]1C2)c1cc(F)cc(/C=C/C(=O)OC)c1. The second-order valence-electron chi connectivity index (χ2n) is 10.9. The molecule has 208 valence electrons. The van der Waals surface area contributed by atoms with Gasteiger partial charge in [-0.05, 0) is 90.3 Å². The molecule has 0 N–H and O–H groups in total. The van der Waals surface area contributed by atoms with Gasteiger partial charge < -0.3 is 14.5 Å². The van der Waals surface area contributed by atoms with Crippen LogP contribution in [0.3, 0.4) is 0 Å². The van der Waals surface area contributed by atoms with Crippen molar-refractivity contribution in [1.82, 2.24) is 0 Å². The third kappa shape index (κ3) is 5.93. The Bertz CT molecular complexity index is 1470. The van der Waals surface area contributed by atoms with Gasteiger partial charge in [0.2, 0.25) is 5.91 Å². The van der Waals surface area contributed by atoms with Crippen LogP contribution in [-0.4, -0.2) is 33.1 Å². The number of hydrogen-bond donors (Lipinski definition) is 0. The molecule has 2 bridgehead atoms. The van der Waals surface area contributed by atoms with E-state index >= 15 is 4.39 Å². The predicted molar refractivity (Wildman–Crippen MR) is 154 cm³/mol. The van der Waals surface area contributed by atoms with Gasteiger partial charge in [0.1, 0.15) is 11.6 Å². The smallest absolute Gasteiger partial charge is 0.330 e. The minimum Gasteiger partial charge on any atom is -0.466 e.